The first kappa shape index (κ1) is 21.4. The zero-order valence-corrected chi connectivity index (χ0v) is 16.1. The predicted octanol–water partition coefficient (Wildman–Crippen LogP) is 4.72. The van der Waals surface area contributed by atoms with E-state index in [-0.39, 0.29) is 16.3 Å². The minimum atomic E-state index is -1.37. The number of hydrogen-bond acceptors (Lipinski definition) is 4. The molecule has 0 aliphatic rings. The Morgan fingerprint density at radius 3 is 2.18 bits per heavy atom. The lowest BCUT2D eigenvalue weighted by Crippen LogP contribution is -2.36. The number of nitrogens with one attached hydrogen (secondary N) is 1. The zero-order chi connectivity index (χ0) is 20.8. The third-order valence-corrected chi connectivity index (χ3v) is 4.71. The maximum atomic E-state index is 13.1. The van der Waals surface area contributed by atoms with Crippen molar-refractivity contribution in [1.29, 1.82) is 10.5 Å². The Hall–Kier alpha value is -2.93. The molecule has 0 aromatic heterocycles. The van der Waals surface area contributed by atoms with E-state index < -0.39 is 35.3 Å². The van der Waals surface area contributed by atoms with Gasteiger partial charge in [-0.1, -0.05) is 29.3 Å². The van der Waals surface area contributed by atoms with Crippen LogP contribution in [0.25, 0.3) is 0 Å². The van der Waals surface area contributed by atoms with Crippen molar-refractivity contribution in [2.75, 3.05) is 5.32 Å². The molecule has 1 amide bonds. The third-order valence-electron chi connectivity index (χ3n) is 4.15. The summed E-state index contributed by atoms with van der Waals surface area (Å²) in [6.45, 7) is 1.19. The molecule has 0 heterocycles. The van der Waals surface area contributed by atoms with E-state index in [1.165, 1.54) is 37.3 Å². The second-order valence-corrected chi connectivity index (χ2v) is 6.86. The molecule has 0 radical (unpaired) electrons. The van der Waals surface area contributed by atoms with Crippen LogP contribution in [0.2, 0.25) is 10.0 Å². The molecule has 0 aliphatic carbocycles. The first-order valence-corrected chi connectivity index (χ1v) is 8.85. The normalized spacial score (nSPS) is 12.5. The number of benzene rings is 2. The first-order chi connectivity index (χ1) is 13.3. The smallest absolute Gasteiger partial charge is 0.235 e. The molecule has 0 aliphatic heterocycles. The summed E-state index contributed by atoms with van der Waals surface area (Å²) in [7, 11) is 0. The Bertz CT molecular complexity index is 966. The molecule has 0 unspecified atom stereocenters. The lowest BCUT2D eigenvalue weighted by atomic mass is 9.75. The van der Waals surface area contributed by atoms with Gasteiger partial charge in [0.05, 0.1) is 12.1 Å². The van der Waals surface area contributed by atoms with Crippen molar-refractivity contribution < 1.29 is 14.0 Å². The van der Waals surface area contributed by atoms with Crippen LogP contribution in [0.1, 0.15) is 18.4 Å². The second kappa shape index (κ2) is 9.32. The van der Waals surface area contributed by atoms with Gasteiger partial charge in [0.25, 0.3) is 0 Å². The monoisotopic (exact) mass is 417 g/mol. The highest BCUT2D eigenvalue weighted by Crippen LogP contribution is 2.38. The largest absolute Gasteiger partial charge is 0.325 e. The van der Waals surface area contributed by atoms with Gasteiger partial charge in [0.2, 0.25) is 5.91 Å². The molecule has 28 heavy (non-hydrogen) atoms. The van der Waals surface area contributed by atoms with E-state index in [9.17, 15) is 24.5 Å². The van der Waals surface area contributed by atoms with Gasteiger partial charge in [-0.25, -0.2) is 4.39 Å². The molecule has 2 rings (SSSR count). The summed E-state index contributed by atoms with van der Waals surface area (Å²) >= 11 is 12.1. The lowest BCUT2D eigenvalue weighted by molar-refractivity contribution is -0.131. The molecule has 1 N–H and O–H groups in total. The van der Waals surface area contributed by atoms with Gasteiger partial charge in [-0.2, -0.15) is 10.5 Å². The third kappa shape index (κ3) is 4.86. The highest BCUT2D eigenvalue weighted by Gasteiger charge is 2.40. The first-order valence-electron chi connectivity index (χ1n) is 8.09. The van der Waals surface area contributed by atoms with E-state index >= 15 is 0 Å². The van der Waals surface area contributed by atoms with E-state index in [1.807, 2.05) is 12.1 Å². The number of anilines is 1. The van der Waals surface area contributed by atoms with Gasteiger partial charge in [-0.3, -0.25) is 9.59 Å². The van der Waals surface area contributed by atoms with Crippen molar-refractivity contribution in [3.05, 3.63) is 63.9 Å². The summed E-state index contributed by atoms with van der Waals surface area (Å²) in [5, 5.41) is 21.8. The van der Waals surface area contributed by atoms with Crippen LogP contribution in [0.4, 0.5) is 10.1 Å². The number of carbonyl (C=O) groups excluding carboxylic acids is 2. The van der Waals surface area contributed by atoms with E-state index in [0.29, 0.717) is 5.02 Å². The molecule has 0 saturated heterocycles. The van der Waals surface area contributed by atoms with Crippen molar-refractivity contribution in [3.8, 4) is 12.1 Å². The SMILES string of the molecule is CC(=O)[C@H](C(=O)Nc1ccc(F)cc1)[C@@H](c1ccc(Cl)cc1Cl)C(C#N)C#N. The minimum Gasteiger partial charge on any atom is -0.325 e. The summed E-state index contributed by atoms with van der Waals surface area (Å²) in [5.41, 5.74) is 0.553. The summed E-state index contributed by atoms with van der Waals surface area (Å²) < 4.78 is 13.1. The number of rotatable bonds is 6. The summed E-state index contributed by atoms with van der Waals surface area (Å²) in [6, 6.07) is 13.0. The van der Waals surface area contributed by atoms with Gasteiger partial charge in [0.15, 0.2) is 0 Å². The molecule has 2 aromatic rings. The van der Waals surface area contributed by atoms with Gasteiger partial charge in [0, 0.05) is 21.7 Å². The molecule has 142 valence electrons. The molecule has 2 aromatic carbocycles. The summed E-state index contributed by atoms with van der Waals surface area (Å²) in [4.78, 5) is 25.2. The van der Waals surface area contributed by atoms with Crippen molar-refractivity contribution >= 4 is 40.6 Å². The molecule has 5 nitrogen and oxygen atoms in total. The number of ketones is 1. The lowest BCUT2D eigenvalue weighted by Gasteiger charge is -2.26. The highest BCUT2D eigenvalue weighted by molar-refractivity contribution is 6.35. The number of Topliss-reactive ketones (excluding diaryl/α,β-unsaturated/α-hetero) is 1. The number of hydrogen-bond donors (Lipinski definition) is 1. The molecule has 0 bridgehead atoms. The fraction of sp³-hybridized carbons (Fsp3) is 0.200. The Morgan fingerprint density at radius 1 is 1.07 bits per heavy atom. The number of amides is 1. The Balaban J connectivity index is 2.51. The van der Waals surface area contributed by atoms with E-state index in [0.717, 1.165) is 12.1 Å². The Kier molecular flexibility index (Phi) is 7.12. The van der Waals surface area contributed by atoms with Crippen molar-refractivity contribution in [3.63, 3.8) is 0 Å². The minimum absolute atomic E-state index is 0.133. The Morgan fingerprint density at radius 2 is 1.68 bits per heavy atom. The molecular formula is C20H14Cl2FN3O2. The van der Waals surface area contributed by atoms with Crippen LogP contribution < -0.4 is 5.32 Å². The zero-order valence-electron chi connectivity index (χ0n) is 14.6. The van der Waals surface area contributed by atoms with Crippen LogP contribution in [0.5, 0.6) is 0 Å². The summed E-state index contributed by atoms with van der Waals surface area (Å²) in [5.74, 6) is -5.56. The van der Waals surface area contributed by atoms with Gasteiger partial charge in [-0.15, -0.1) is 0 Å². The molecule has 2 atom stereocenters. The van der Waals surface area contributed by atoms with Crippen LogP contribution in [-0.4, -0.2) is 11.7 Å². The summed E-state index contributed by atoms with van der Waals surface area (Å²) in [6.07, 6.45) is 0. The average Bonchev–Trinajstić information content (AvgIpc) is 2.63. The molecule has 0 spiro atoms. The van der Waals surface area contributed by atoms with Crippen LogP contribution in [0.15, 0.2) is 42.5 Å². The van der Waals surface area contributed by atoms with E-state index in [4.69, 9.17) is 23.2 Å². The van der Waals surface area contributed by atoms with Crippen LogP contribution in [-0.2, 0) is 9.59 Å². The van der Waals surface area contributed by atoms with Crippen LogP contribution in [0.3, 0.4) is 0 Å². The molecule has 8 heteroatoms. The number of carbonyl (C=O) groups is 2. The molecule has 0 saturated carbocycles. The quantitative estimate of drug-likeness (QED) is 0.687. The van der Waals surface area contributed by atoms with Crippen LogP contribution in [0, 0.1) is 40.3 Å². The second-order valence-electron chi connectivity index (χ2n) is 6.01. The van der Waals surface area contributed by atoms with Crippen LogP contribution >= 0.6 is 23.2 Å². The van der Waals surface area contributed by atoms with Crippen molar-refractivity contribution in [1.82, 2.24) is 0 Å². The van der Waals surface area contributed by atoms with Gasteiger partial charge >= 0.3 is 0 Å². The highest BCUT2D eigenvalue weighted by atomic mass is 35.5. The fourth-order valence-electron chi connectivity index (χ4n) is 2.87. The topological polar surface area (TPSA) is 93.8 Å². The Labute approximate surface area is 171 Å². The van der Waals surface area contributed by atoms with Gasteiger partial charge in [0.1, 0.15) is 23.4 Å². The van der Waals surface area contributed by atoms with Gasteiger partial charge in [-0.05, 0) is 48.9 Å². The van der Waals surface area contributed by atoms with Gasteiger partial charge < -0.3 is 5.32 Å². The van der Waals surface area contributed by atoms with E-state index in [2.05, 4.69) is 5.32 Å². The molecular weight excluding hydrogens is 404 g/mol. The van der Waals surface area contributed by atoms with E-state index in [1.54, 1.807) is 0 Å². The number of halogens is 3. The number of nitrogens with zero attached hydrogens (tertiary/aromatic N) is 2. The number of nitriles is 2. The van der Waals surface area contributed by atoms with Crippen molar-refractivity contribution in [2.45, 2.75) is 12.8 Å². The maximum absolute atomic E-state index is 13.1. The standard InChI is InChI=1S/C20H14Cl2FN3O2/c1-11(27)18(20(28)26-15-5-3-14(23)4-6-15)19(12(9-24)10-25)16-7-2-13(21)8-17(16)22/h2-8,12,18-19H,1H3,(H,26,28)/t18-,19+/m0/s1. The van der Waals surface area contributed by atoms with Crippen molar-refractivity contribution in [2.24, 2.45) is 11.8 Å². The average molecular weight is 418 g/mol. The molecule has 0 fully saturated rings. The fourth-order valence-corrected chi connectivity index (χ4v) is 3.40. The maximum Gasteiger partial charge on any atom is 0.235 e. The predicted molar refractivity (Wildman–Crippen MR) is 103 cm³/mol.